The highest BCUT2D eigenvalue weighted by atomic mass is 19.2. The van der Waals surface area contributed by atoms with Crippen LogP contribution in [0.4, 0.5) is 8.78 Å². The van der Waals surface area contributed by atoms with Gasteiger partial charge in [0, 0.05) is 0 Å². The van der Waals surface area contributed by atoms with Crippen LogP contribution in [0.25, 0.3) is 0 Å². The second kappa shape index (κ2) is 5.39. The van der Waals surface area contributed by atoms with Crippen LogP contribution in [0.1, 0.15) is 24.8 Å². The van der Waals surface area contributed by atoms with Crippen molar-refractivity contribution in [3.63, 3.8) is 0 Å². The molecule has 1 heterocycles. The lowest BCUT2D eigenvalue weighted by atomic mass is 9.93. The van der Waals surface area contributed by atoms with Crippen molar-refractivity contribution < 1.29 is 8.78 Å². The summed E-state index contributed by atoms with van der Waals surface area (Å²) in [7, 11) is 0. The standard InChI is InChI=1S/C13H17F2N/c14-12-6-5-10(8-13(12)15)3-4-11-2-1-7-16-9-11/h5-6,8,11,16H,1-4,7,9H2/t11-/m0/s1. The van der Waals surface area contributed by atoms with E-state index in [2.05, 4.69) is 5.32 Å². The lowest BCUT2D eigenvalue weighted by molar-refractivity contribution is 0.358. The van der Waals surface area contributed by atoms with Crippen LogP contribution < -0.4 is 5.32 Å². The Morgan fingerprint density at radius 2 is 2.12 bits per heavy atom. The van der Waals surface area contributed by atoms with Crippen molar-refractivity contribution in [1.82, 2.24) is 5.32 Å². The molecule has 16 heavy (non-hydrogen) atoms. The Hall–Kier alpha value is -0.960. The number of rotatable bonds is 3. The van der Waals surface area contributed by atoms with Gasteiger partial charge < -0.3 is 5.32 Å². The number of nitrogens with one attached hydrogen (secondary N) is 1. The van der Waals surface area contributed by atoms with Crippen LogP contribution in [0.15, 0.2) is 18.2 Å². The number of benzene rings is 1. The molecule has 1 atom stereocenters. The van der Waals surface area contributed by atoms with Gasteiger partial charge in [0.25, 0.3) is 0 Å². The lowest BCUT2D eigenvalue weighted by Gasteiger charge is -2.22. The normalized spacial score (nSPS) is 21.0. The van der Waals surface area contributed by atoms with E-state index in [1.165, 1.54) is 25.0 Å². The average molecular weight is 225 g/mol. The van der Waals surface area contributed by atoms with Crippen molar-refractivity contribution in [3.8, 4) is 0 Å². The predicted octanol–water partition coefficient (Wildman–Crippen LogP) is 2.90. The second-order valence-corrected chi connectivity index (χ2v) is 4.50. The van der Waals surface area contributed by atoms with E-state index >= 15 is 0 Å². The molecule has 1 aliphatic rings. The topological polar surface area (TPSA) is 12.0 Å². The minimum Gasteiger partial charge on any atom is -0.316 e. The van der Waals surface area contributed by atoms with E-state index in [0.29, 0.717) is 5.92 Å². The predicted molar refractivity (Wildman–Crippen MR) is 60.3 cm³/mol. The van der Waals surface area contributed by atoms with E-state index in [1.54, 1.807) is 6.07 Å². The maximum atomic E-state index is 13.0. The fraction of sp³-hybridized carbons (Fsp3) is 0.538. The van der Waals surface area contributed by atoms with Crippen molar-refractivity contribution in [3.05, 3.63) is 35.4 Å². The van der Waals surface area contributed by atoms with Gasteiger partial charge in [0.2, 0.25) is 0 Å². The summed E-state index contributed by atoms with van der Waals surface area (Å²) in [6.07, 6.45) is 4.36. The van der Waals surface area contributed by atoms with Gasteiger partial charge in [-0.1, -0.05) is 6.07 Å². The monoisotopic (exact) mass is 225 g/mol. The van der Waals surface area contributed by atoms with Crippen LogP contribution in [-0.2, 0) is 6.42 Å². The van der Waals surface area contributed by atoms with Gasteiger partial charge in [0.05, 0.1) is 0 Å². The first-order valence-electron chi connectivity index (χ1n) is 5.90. The third-order valence-electron chi connectivity index (χ3n) is 3.22. The lowest BCUT2D eigenvalue weighted by Crippen LogP contribution is -2.29. The smallest absolute Gasteiger partial charge is 0.159 e. The second-order valence-electron chi connectivity index (χ2n) is 4.50. The fourth-order valence-corrected chi connectivity index (χ4v) is 2.24. The Bertz CT molecular complexity index is 346. The fourth-order valence-electron chi connectivity index (χ4n) is 2.24. The number of hydrogen-bond donors (Lipinski definition) is 1. The Balaban J connectivity index is 1.86. The zero-order valence-corrected chi connectivity index (χ0v) is 9.31. The molecule has 1 fully saturated rings. The van der Waals surface area contributed by atoms with Crippen molar-refractivity contribution in [2.75, 3.05) is 13.1 Å². The zero-order chi connectivity index (χ0) is 11.4. The summed E-state index contributed by atoms with van der Waals surface area (Å²) in [6.45, 7) is 2.17. The molecular weight excluding hydrogens is 208 g/mol. The SMILES string of the molecule is Fc1ccc(CC[C@@H]2CCCNC2)cc1F. The van der Waals surface area contributed by atoms with Crippen molar-refractivity contribution >= 4 is 0 Å². The van der Waals surface area contributed by atoms with Gasteiger partial charge in [-0.25, -0.2) is 8.78 Å². The van der Waals surface area contributed by atoms with E-state index in [4.69, 9.17) is 0 Å². The summed E-state index contributed by atoms with van der Waals surface area (Å²) in [5.41, 5.74) is 0.893. The first-order valence-corrected chi connectivity index (χ1v) is 5.90. The minimum absolute atomic E-state index is 0.682. The van der Waals surface area contributed by atoms with E-state index in [1.807, 2.05) is 0 Å². The summed E-state index contributed by atoms with van der Waals surface area (Å²) in [6, 6.07) is 4.20. The van der Waals surface area contributed by atoms with Crippen LogP contribution in [0.5, 0.6) is 0 Å². The van der Waals surface area contributed by atoms with Crippen LogP contribution in [0, 0.1) is 17.6 Å². The molecule has 1 aromatic rings. The molecule has 0 saturated carbocycles. The van der Waals surface area contributed by atoms with E-state index in [0.717, 1.165) is 31.5 Å². The third kappa shape index (κ3) is 3.01. The highest BCUT2D eigenvalue weighted by molar-refractivity contribution is 5.17. The molecule has 1 nitrogen and oxygen atoms in total. The Morgan fingerprint density at radius 3 is 2.81 bits per heavy atom. The van der Waals surface area contributed by atoms with E-state index in [9.17, 15) is 8.78 Å². The van der Waals surface area contributed by atoms with Crippen molar-refractivity contribution in [2.24, 2.45) is 5.92 Å². The van der Waals surface area contributed by atoms with Crippen LogP contribution in [0.3, 0.4) is 0 Å². The molecule has 0 spiro atoms. The molecule has 0 radical (unpaired) electrons. The van der Waals surface area contributed by atoms with Gasteiger partial charge in [-0.15, -0.1) is 0 Å². The molecule has 0 bridgehead atoms. The average Bonchev–Trinajstić information content (AvgIpc) is 2.32. The summed E-state index contributed by atoms with van der Waals surface area (Å²) in [4.78, 5) is 0. The summed E-state index contributed by atoms with van der Waals surface area (Å²) in [5.74, 6) is -0.816. The largest absolute Gasteiger partial charge is 0.316 e. The molecule has 2 rings (SSSR count). The quantitative estimate of drug-likeness (QED) is 0.834. The summed E-state index contributed by atoms with van der Waals surface area (Å²) >= 11 is 0. The van der Waals surface area contributed by atoms with Crippen molar-refractivity contribution in [2.45, 2.75) is 25.7 Å². The summed E-state index contributed by atoms with van der Waals surface area (Å²) in [5, 5.41) is 3.36. The Morgan fingerprint density at radius 1 is 1.25 bits per heavy atom. The Kier molecular flexibility index (Phi) is 3.88. The molecular formula is C13H17F2N. The zero-order valence-electron chi connectivity index (χ0n) is 9.31. The van der Waals surface area contributed by atoms with Crippen LogP contribution in [-0.4, -0.2) is 13.1 Å². The van der Waals surface area contributed by atoms with Crippen LogP contribution >= 0.6 is 0 Å². The number of piperidine rings is 1. The van der Waals surface area contributed by atoms with Gasteiger partial charge in [-0.05, 0) is 62.4 Å². The van der Waals surface area contributed by atoms with Crippen LogP contribution in [0.2, 0.25) is 0 Å². The minimum atomic E-state index is -0.761. The molecule has 88 valence electrons. The van der Waals surface area contributed by atoms with Gasteiger partial charge in [-0.2, -0.15) is 0 Å². The number of hydrogen-bond acceptors (Lipinski definition) is 1. The highest BCUT2D eigenvalue weighted by Crippen LogP contribution is 2.18. The molecule has 3 heteroatoms. The maximum absolute atomic E-state index is 13.0. The molecule has 0 aromatic heterocycles. The molecule has 1 saturated heterocycles. The summed E-state index contributed by atoms with van der Waals surface area (Å²) < 4.78 is 25.7. The number of halogens is 2. The highest BCUT2D eigenvalue weighted by Gasteiger charge is 2.13. The Labute approximate surface area is 94.9 Å². The number of aryl methyl sites for hydroxylation is 1. The molecule has 1 N–H and O–H groups in total. The van der Waals surface area contributed by atoms with Gasteiger partial charge in [0.1, 0.15) is 0 Å². The molecule has 0 amide bonds. The van der Waals surface area contributed by atoms with Gasteiger partial charge in [0.15, 0.2) is 11.6 Å². The molecule has 0 unspecified atom stereocenters. The van der Waals surface area contributed by atoms with Crippen molar-refractivity contribution in [1.29, 1.82) is 0 Å². The third-order valence-corrected chi connectivity index (χ3v) is 3.22. The first-order chi connectivity index (χ1) is 7.75. The van der Waals surface area contributed by atoms with E-state index < -0.39 is 11.6 Å². The van der Waals surface area contributed by atoms with E-state index in [-0.39, 0.29) is 0 Å². The molecule has 1 aromatic carbocycles. The first kappa shape index (κ1) is 11.5. The van der Waals surface area contributed by atoms with Gasteiger partial charge in [-0.3, -0.25) is 0 Å². The van der Waals surface area contributed by atoms with Gasteiger partial charge >= 0.3 is 0 Å². The maximum Gasteiger partial charge on any atom is 0.159 e. The molecule has 1 aliphatic heterocycles. The molecule has 0 aliphatic carbocycles.